The van der Waals surface area contributed by atoms with Crippen LogP contribution in [0.5, 0.6) is 5.75 Å². The van der Waals surface area contributed by atoms with Gasteiger partial charge in [0.1, 0.15) is 11.6 Å². The summed E-state index contributed by atoms with van der Waals surface area (Å²) in [5.41, 5.74) is 4.28. The molecule has 3 rings (SSSR count). The van der Waals surface area contributed by atoms with E-state index in [-0.39, 0.29) is 5.75 Å². The van der Waals surface area contributed by atoms with E-state index in [2.05, 4.69) is 36.6 Å². The molecule has 0 spiro atoms. The molecule has 1 heterocycles. The Labute approximate surface area is 112 Å². The van der Waals surface area contributed by atoms with E-state index in [0.717, 1.165) is 29.0 Å². The zero-order valence-corrected chi connectivity index (χ0v) is 11.1. The number of nitrogens with zero attached hydrogens (tertiary/aromatic N) is 2. The highest BCUT2D eigenvalue weighted by molar-refractivity contribution is 5.81. The second-order valence-electron chi connectivity index (χ2n) is 4.72. The molecule has 0 unspecified atom stereocenters. The number of aromatic nitrogens is 2. The number of phenols is 1. The first-order chi connectivity index (χ1) is 9.19. The van der Waals surface area contributed by atoms with Gasteiger partial charge in [0.2, 0.25) is 0 Å². The molecule has 0 saturated heterocycles. The summed E-state index contributed by atoms with van der Waals surface area (Å²) >= 11 is 0. The third kappa shape index (κ3) is 1.97. The van der Waals surface area contributed by atoms with Crippen LogP contribution >= 0.6 is 0 Å². The number of fused-ring (bicyclic) bond motifs is 1. The Morgan fingerprint density at radius 2 is 2.00 bits per heavy atom. The predicted molar refractivity (Wildman–Crippen MR) is 77.2 cm³/mol. The van der Waals surface area contributed by atoms with Crippen LogP contribution in [0.4, 0.5) is 0 Å². The van der Waals surface area contributed by atoms with Crippen LogP contribution in [0.3, 0.4) is 0 Å². The summed E-state index contributed by atoms with van der Waals surface area (Å²) in [6.45, 7) is 5.02. The molecular formula is C16H16N2O. The van der Waals surface area contributed by atoms with Gasteiger partial charge in [-0.05, 0) is 43.7 Å². The van der Waals surface area contributed by atoms with Gasteiger partial charge in [-0.25, -0.2) is 4.98 Å². The minimum Gasteiger partial charge on any atom is -0.508 e. The van der Waals surface area contributed by atoms with Crippen molar-refractivity contribution in [1.29, 1.82) is 0 Å². The van der Waals surface area contributed by atoms with Gasteiger partial charge in [-0.3, -0.25) is 0 Å². The average molecular weight is 252 g/mol. The smallest absolute Gasteiger partial charge is 0.141 e. The second kappa shape index (κ2) is 4.43. The fourth-order valence-corrected chi connectivity index (χ4v) is 2.43. The van der Waals surface area contributed by atoms with Gasteiger partial charge in [-0.2, -0.15) is 0 Å². The number of hydrogen-bond acceptors (Lipinski definition) is 2. The van der Waals surface area contributed by atoms with Crippen LogP contribution in [0.1, 0.15) is 12.5 Å². The van der Waals surface area contributed by atoms with Gasteiger partial charge < -0.3 is 9.67 Å². The van der Waals surface area contributed by atoms with Crippen LogP contribution in [-0.4, -0.2) is 14.7 Å². The van der Waals surface area contributed by atoms with Gasteiger partial charge in [-0.15, -0.1) is 0 Å². The van der Waals surface area contributed by atoms with Crippen LogP contribution in [0.2, 0.25) is 0 Å². The lowest BCUT2D eigenvalue weighted by Gasteiger charge is -2.06. The number of hydrogen-bond donors (Lipinski definition) is 1. The van der Waals surface area contributed by atoms with Crippen LogP contribution < -0.4 is 0 Å². The van der Waals surface area contributed by atoms with E-state index in [9.17, 15) is 5.11 Å². The third-order valence-corrected chi connectivity index (χ3v) is 3.32. The minimum atomic E-state index is 0.267. The van der Waals surface area contributed by atoms with Gasteiger partial charge in [0.25, 0.3) is 0 Å². The maximum absolute atomic E-state index is 9.62. The molecule has 0 atom stereocenters. The highest BCUT2D eigenvalue weighted by atomic mass is 16.3. The molecule has 3 aromatic rings. The van der Waals surface area contributed by atoms with E-state index < -0.39 is 0 Å². The zero-order valence-electron chi connectivity index (χ0n) is 11.1. The molecule has 0 aliphatic rings. The molecule has 3 nitrogen and oxygen atoms in total. The molecule has 96 valence electrons. The molecule has 19 heavy (non-hydrogen) atoms. The lowest BCUT2D eigenvalue weighted by atomic mass is 10.2. The van der Waals surface area contributed by atoms with Crippen LogP contribution in [0.25, 0.3) is 22.4 Å². The topological polar surface area (TPSA) is 38.0 Å². The Balaban J connectivity index is 2.28. The molecule has 0 saturated carbocycles. The first kappa shape index (κ1) is 11.8. The molecule has 1 aromatic heterocycles. The first-order valence-electron chi connectivity index (χ1n) is 6.45. The number of rotatable bonds is 2. The Morgan fingerprint density at radius 1 is 1.16 bits per heavy atom. The predicted octanol–water partition coefficient (Wildman–Crippen LogP) is 3.74. The molecule has 0 fully saturated rings. The summed E-state index contributed by atoms with van der Waals surface area (Å²) in [7, 11) is 0. The van der Waals surface area contributed by atoms with Crippen molar-refractivity contribution in [2.75, 3.05) is 0 Å². The Kier molecular flexibility index (Phi) is 2.75. The molecular weight excluding hydrogens is 236 g/mol. The van der Waals surface area contributed by atoms with E-state index in [1.165, 1.54) is 5.56 Å². The summed E-state index contributed by atoms with van der Waals surface area (Å²) in [6.07, 6.45) is 0. The van der Waals surface area contributed by atoms with Crippen molar-refractivity contribution in [3.63, 3.8) is 0 Å². The highest BCUT2D eigenvalue weighted by Crippen LogP contribution is 2.27. The minimum absolute atomic E-state index is 0.267. The van der Waals surface area contributed by atoms with Gasteiger partial charge in [0.05, 0.1) is 11.0 Å². The standard InChI is InChI=1S/C16H16N2O/c1-3-18-15-8-7-11(2)9-14(15)17-16(18)12-5-4-6-13(19)10-12/h4-10,19H,3H2,1-2H3. The lowest BCUT2D eigenvalue weighted by molar-refractivity contribution is 0.475. The van der Waals surface area contributed by atoms with Gasteiger partial charge >= 0.3 is 0 Å². The SMILES string of the molecule is CCn1c(-c2cccc(O)c2)nc2cc(C)ccc21. The quantitative estimate of drug-likeness (QED) is 0.754. The normalized spacial score (nSPS) is 11.1. The van der Waals surface area contributed by atoms with Gasteiger partial charge in [0.15, 0.2) is 0 Å². The number of phenolic OH excluding ortho intramolecular Hbond substituents is 1. The third-order valence-electron chi connectivity index (χ3n) is 3.32. The second-order valence-corrected chi connectivity index (χ2v) is 4.72. The van der Waals surface area contributed by atoms with Crippen molar-refractivity contribution in [1.82, 2.24) is 9.55 Å². The van der Waals surface area contributed by atoms with E-state index >= 15 is 0 Å². The van der Waals surface area contributed by atoms with Crippen molar-refractivity contribution in [2.45, 2.75) is 20.4 Å². The molecule has 0 aliphatic heterocycles. The average Bonchev–Trinajstić information content (AvgIpc) is 2.76. The molecule has 3 heteroatoms. The van der Waals surface area contributed by atoms with Crippen LogP contribution in [0.15, 0.2) is 42.5 Å². The van der Waals surface area contributed by atoms with E-state index in [4.69, 9.17) is 4.98 Å². The zero-order chi connectivity index (χ0) is 13.4. The monoisotopic (exact) mass is 252 g/mol. The van der Waals surface area contributed by atoms with Crippen molar-refractivity contribution in [3.05, 3.63) is 48.0 Å². The molecule has 0 radical (unpaired) electrons. The van der Waals surface area contributed by atoms with Crippen molar-refractivity contribution >= 4 is 11.0 Å². The van der Waals surface area contributed by atoms with E-state index in [1.54, 1.807) is 12.1 Å². The van der Waals surface area contributed by atoms with Crippen molar-refractivity contribution in [2.24, 2.45) is 0 Å². The van der Waals surface area contributed by atoms with Crippen molar-refractivity contribution < 1.29 is 5.11 Å². The summed E-state index contributed by atoms with van der Waals surface area (Å²) in [4.78, 5) is 4.71. The molecule has 0 aliphatic carbocycles. The molecule has 1 N–H and O–H groups in total. The fraction of sp³-hybridized carbons (Fsp3) is 0.188. The highest BCUT2D eigenvalue weighted by Gasteiger charge is 2.11. The van der Waals surface area contributed by atoms with Crippen molar-refractivity contribution in [3.8, 4) is 17.1 Å². The summed E-state index contributed by atoms with van der Waals surface area (Å²) in [5, 5.41) is 9.62. The maximum atomic E-state index is 9.62. The molecule has 0 amide bonds. The number of imidazole rings is 1. The number of aryl methyl sites for hydroxylation is 2. The van der Waals surface area contributed by atoms with E-state index in [1.807, 2.05) is 12.1 Å². The van der Waals surface area contributed by atoms with E-state index in [0.29, 0.717) is 0 Å². The van der Waals surface area contributed by atoms with Gasteiger partial charge in [-0.1, -0.05) is 18.2 Å². The largest absolute Gasteiger partial charge is 0.508 e. The maximum Gasteiger partial charge on any atom is 0.141 e. The summed E-state index contributed by atoms with van der Waals surface area (Å²) < 4.78 is 2.17. The first-order valence-corrected chi connectivity index (χ1v) is 6.45. The van der Waals surface area contributed by atoms with Gasteiger partial charge in [0, 0.05) is 12.1 Å². The Hall–Kier alpha value is -2.29. The van der Waals surface area contributed by atoms with Crippen LogP contribution in [0, 0.1) is 6.92 Å². The number of benzene rings is 2. The number of aromatic hydroxyl groups is 1. The summed E-state index contributed by atoms with van der Waals surface area (Å²) in [6, 6.07) is 13.5. The van der Waals surface area contributed by atoms with Crippen LogP contribution in [-0.2, 0) is 6.54 Å². The Morgan fingerprint density at radius 3 is 2.74 bits per heavy atom. The summed E-state index contributed by atoms with van der Waals surface area (Å²) in [5.74, 6) is 1.17. The molecule has 0 bridgehead atoms. The fourth-order valence-electron chi connectivity index (χ4n) is 2.43. The molecule has 2 aromatic carbocycles. The lowest BCUT2D eigenvalue weighted by Crippen LogP contribution is -1.97. The Bertz CT molecular complexity index is 744.